The number of rotatable bonds is 3. The largest absolute Gasteiger partial charge is 0.481 e. The summed E-state index contributed by atoms with van der Waals surface area (Å²) < 4.78 is 0. The number of hydrogen-bond donors (Lipinski definition) is 1. The topological polar surface area (TPSA) is 66.3 Å². The molecule has 21 heavy (non-hydrogen) atoms. The Morgan fingerprint density at radius 3 is 2.43 bits per heavy atom. The molecule has 0 unspecified atom stereocenters. The fourth-order valence-electron chi connectivity index (χ4n) is 2.88. The van der Waals surface area contributed by atoms with Crippen molar-refractivity contribution < 1.29 is 9.90 Å². The molecule has 3 rings (SSSR count). The molecule has 0 saturated carbocycles. The highest BCUT2D eigenvalue weighted by Crippen LogP contribution is 2.37. The van der Waals surface area contributed by atoms with Crippen molar-refractivity contribution in [1.29, 1.82) is 0 Å². The SMILES string of the molecule is Cc1nnc(N2CCC(C(=O)O)(c3ccccc3)CC2)s1. The molecule has 0 amide bonds. The molecule has 0 spiro atoms. The van der Waals surface area contributed by atoms with E-state index in [4.69, 9.17) is 0 Å². The van der Waals surface area contributed by atoms with E-state index in [0.29, 0.717) is 25.9 Å². The second kappa shape index (κ2) is 5.44. The minimum atomic E-state index is -0.780. The van der Waals surface area contributed by atoms with Crippen molar-refractivity contribution in [3.05, 3.63) is 40.9 Å². The molecule has 2 heterocycles. The number of piperidine rings is 1. The van der Waals surface area contributed by atoms with Crippen LogP contribution in [0.5, 0.6) is 0 Å². The molecule has 1 aromatic heterocycles. The summed E-state index contributed by atoms with van der Waals surface area (Å²) in [6.45, 7) is 3.31. The Labute approximate surface area is 127 Å². The Balaban J connectivity index is 1.82. The van der Waals surface area contributed by atoms with Gasteiger partial charge in [-0.2, -0.15) is 0 Å². The summed E-state index contributed by atoms with van der Waals surface area (Å²) in [5, 5.41) is 19.8. The summed E-state index contributed by atoms with van der Waals surface area (Å²) in [5.41, 5.74) is 0.114. The molecule has 5 nitrogen and oxygen atoms in total. The van der Waals surface area contributed by atoms with Crippen LogP contribution in [0.15, 0.2) is 30.3 Å². The Morgan fingerprint density at radius 1 is 1.24 bits per heavy atom. The zero-order chi connectivity index (χ0) is 14.9. The van der Waals surface area contributed by atoms with Crippen LogP contribution < -0.4 is 4.90 Å². The molecule has 0 atom stereocenters. The minimum Gasteiger partial charge on any atom is -0.481 e. The third kappa shape index (κ3) is 2.51. The molecule has 1 aliphatic rings. The molecule has 0 bridgehead atoms. The lowest BCUT2D eigenvalue weighted by Crippen LogP contribution is -2.47. The van der Waals surface area contributed by atoms with Crippen molar-refractivity contribution >= 4 is 22.4 Å². The van der Waals surface area contributed by atoms with Gasteiger partial charge in [0.15, 0.2) is 0 Å². The quantitative estimate of drug-likeness (QED) is 0.943. The smallest absolute Gasteiger partial charge is 0.314 e. The van der Waals surface area contributed by atoms with Gasteiger partial charge in [0.25, 0.3) is 0 Å². The van der Waals surface area contributed by atoms with E-state index in [-0.39, 0.29) is 0 Å². The Kier molecular flexibility index (Phi) is 3.63. The van der Waals surface area contributed by atoms with Gasteiger partial charge in [-0.25, -0.2) is 0 Å². The van der Waals surface area contributed by atoms with Crippen molar-refractivity contribution in [2.75, 3.05) is 18.0 Å². The number of aryl methyl sites for hydroxylation is 1. The molecule has 1 N–H and O–H groups in total. The van der Waals surface area contributed by atoms with Gasteiger partial charge < -0.3 is 10.0 Å². The van der Waals surface area contributed by atoms with Crippen LogP contribution >= 0.6 is 11.3 Å². The lowest BCUT2D eigenvalue weighted by Gasteiger charge is -2.39. The van der Waals surface area contributed by atoms with E-state index >= 15 is 0 Å². The highest BCUT2D eigenvalue weighted by Gasteiger charge is 2.43. The number of carboxylic acids is 1. The van der Waals surface area contributed by atoms with E-state index in [1.54, 1.807) is 11.3 Å². The molecule has 1 aliphatic heterocycles. The number of hydrogen-bond acceptors (Lipinski definition) is 5. The highest BCUT2D eigenvalue weighted by molar-refractivity contribution is 7.15. The lowest BCUT2D eigenvalue weighted by molar-refractivity contribution is -0.144. The number of aromatic nitrogens is 2. The van der Waals surface area contributed by atoms with Gasteiger partial charge >= 0.3 is 5.97 Å². The van der Waals surface area contributed by atoms with Crippen molar-refractivity contribution in [3.63, 3.8) is 0 Å². The first-order valence-corrected chi connectivity index (χ1v) is 7.77. The third-order valence-corrected chi connectivity index (χ3v) is 5.04. The first kappa shape index (κ1) is 14.0. The predicted molar refractivity (Wildman–Crippen MR) is 81.8 cm³/mol. The van der Waals surface area contributed by atoms with E-state index in [1.165, 1.54) is 0 Å². The molecule has 2 aromatic rings. The number of carbonyl (C=O) groups is 1. The van der Waals surface area contributed by atoms with Crippen LogP contribution in [0.3, 0.4) is 0 Å². The molecular formula is C15H17N3O2S. The van der Waals surface area contributed by atoms with E-state index in [1.807, 2.05) is 37.3 Å². The number of anilines is 1. The fourth-order valence-corrected chi connectivity index (χ4v) is 3.62. The first-order chi connectivity index (χ1) is 10.1. The number of aliphatic carboxylic acids is 1. The Hall–Kier alpha value is -1.95. The standard InChI is InChI=1S/C15H17N3O2S/c1-11-16-17-14(21-11)18-9-7-15(8-10-18,13(19)20)12-5-3-2-4-6-12/h2-6H,7-10H2,1H3,(H,19,20). The Bertz CT molecular complexity index is 633. The van der Waals surface area contributed by atoms with Crippen LogP contribution in [0, 0.1) is 6.92 Å². The van der Waals surface area contributed by atoms with Crippen molar-refractivity contribution in [2.24, 2.45) is 0 Å². The van der Waals surface area contributed by atoms with Crippen LogP contribution in [-0.2, 0) is 10.2 Å². The summed E-state index contributed by atoms with van der Waals surface area (Å²) in [4.78, 5) is 14.0. The summed E-state index contributed by atoms with van der Waals surface area (Å²) in [5.74, 6) is -0.734. The van der Waals surface area contributed by atoms with Gasteiger partial charge in [0.05, 0.1) is 5.41 Å². The van der Waals surface area contributed by atoms with Crippen molar-refractivity contribution in [1.82, 2.24) is 10.2 Å². The fraction of sp³-hybridized carbons (Fsp3) is 0.400. The second-order valence-corrected chi connectivity index (χ2v) is 6.50. The maximum Gasteiger partial charge on any atom is 0.314 e. The molecular weight excluding hydrogens is 286 g/mol. The molecule has 0 radical (unpaired) electrons. The molecule has 110 valence electrons. The minimum absolute atomic E-state index is 0.588. The van der Waals surface area contributed by atoms with Crippen LogP contribution in [0.25, 0.3) is 0 Å². The average Bonchev–Trinajstić information content (AvgIpc) is 2.94. The summed E-state index contributed by atoms with van der Waals surface area (Å²) >= 11 is 1.55. The summed E-state index contributed by atoms with van der Waals surface area (Å²) in [6.07, 6.45) is 1.18. The summed E-state index contributed by atoms with van der Waals surface area (Å²) in [7, 11) is 0. The lowest BCUT2D eigenvalue weighted by atomic mass is 9.73. The number of nitrogens with zero attached hydrogens (tertiary/aromatic N) is 3. The van der Waals surface area contributed by atoms with E-state index in [0.717, 1.165) is 15.7 Å². The average molecular weight is 303 g/mol. The number of benzene rings is 1. The maximum absolute atomic E-state index is 11.9. The molecule has 0 aliphatic carbocycles. The first-order valence-electron chi connectivity index (χ1n) is 6.96. The molecule has 1 aromatic carbocycles. The van der Waals surface area contributed by atoms with Crippen LogP contribution in [0.2, 0.25) is 0 Å². The zero-order valence-electron chi connectivity index (χ0n) is 11.8. The van der Waals surface area contributed by atoms with E-state index in [9.17, 15) is 9.90 Å². The number of carboxylic acid groups (broad SMARTS) is 1. The van der Waals surface area contributed by atoms with Crippen LogP contribution in [0.4, 0.5) is 5.13 Å². The van der Waals surface area contributed by atoms with Gasteiger partial charge in [-0.1, -0.05) is 41.7 Å². The normalized spacial score (nSPS) is 17.7. The highest BCUT2D eigenvalue weighted by atomic mass is 32.1. The van der Waals surface area contributed by atoms with Crippen molar-refractivity contribution in [2.45, 2.75) is 25.2 Å². The van der Waals surface area contributed by atoms with Gasteiger partial charge in [-0.3, -0.25) is 4.79 Å². The second-order valence-electron chi connectivity index (χ2n) is 5.34. The Morgan fingerprint density at radius 2 is 1.90 bits per heavy atom. The van der Waals surface area contributed by atoms with Gasteiger partial charge in [0, 0.05) is 13.1 Å². The molecule has 1 fully saturated rings. The van der Waals surface area contributed by atoms with Gasteiger partial charge in [0.2, 0.25) is 5.13 Å². The zero-order valence-corrected chi connectivity index (χ0v) is 12.6. The van der Waals surface area contributed by atoms with Gasteiger partial charge in [-0.15, -0.1) is 10.2 Å². The molecule has 6 heteroatoms. The van der Waals surface area contributed by atoms with Gasteiger partial charge in [-0.05, 0) is 25.3 Å². The van der Waals surface area contributed by atoms with E-state index in [2.05, 4.69) is 15.1 Å². The van der Waals surface area contributed by atoms with Crippen LogP contribution in [-0.4, -0.2) is 34.4 Å². The third-order valence-electron chi connectivity index (χ3n) is 4.14. The van der Waals surface area contributed by atoms with Crippen LogP contribution in [0.1, 0.15) is 23.4 Å². The predicted octanol–water partition coefficient (Wildman–Crippen LogP) is 2.47. The maximum atomic E-state index is 11.9. The summed E-state index contributed by atoms with van der Waals surface area (Å²) in [6, 6.07) is 9.55. The van der Waals surface area contributed by atoms with Gasteiger partial charge in [0.1, 0.15) is 5.01 Å². The monoisotopic (exact) mass is 303 g/mol. The molecule has 1 saturated heterocycles. The van der Waals surface area contributed by atoms with Crippen molar-refractivity contribution in [3.8, 4) is 0 Å². The van der Waals surface area contributed by atoms with E-state index < -0.39 is 11.4 Å².